The third-order valence-electron chi connectivity index (χ3n) is 6.18. The summed E-state index contributed by atoms with van der Waals surface area (Å²) in [6.45, 7) is 2.02. The Kier molecular flexibility index (Phi) is 6.14. The van der Waals surface area contributed by atoms with Gasteiger partial charge in [0.1, 0.15) is 5.82 Å². The number of carbonyl (C=O) groups is 1. The molecule has 2 aliphatic carbocycles. The van der Waals surface area contributed by atoms with Gasteiger partial charge in [0.25, 0.3) is 0 Å². The highest BCUT2D eigenvalue weighted by Gasteiger charge is 2.44. The molecule has 7 heteroatoms. The van der Waals surface area contributed by atoms with Crippen LogP contribution in [0.2, 0.25) is 5.02 Å². The fraction of sp³-hybridized carbons (Fsp3) is 0.522. The van der Waals surface area contributed by atoms with Crippen molar-refractivity contribution in [3.63, 3.8) is 0 Å². The topological polar surface area (TPSA) is 70.1 Å². The summed E-state index contributed by atoms with van der Waals surface area (Å²) in [7, 11) is 3.98. The van der Waals surface area contributed by atoms with Crippen molar-refractivity contribution < 1.29 is 4.79 Å². The first kappa shape index (κ1) is 20.9. The van der Waals surface area contributed by atoms with E-state index in [0.717, 1.165) is 48.5 Å². The summed E-state index contributed by atoms with van der Waals surface area (Å²) in [4.78, 5) is 23.7. The van der Waals surface area contributed by atoms with E-state index in [1.54, 1.807) is 0 Å². The number of aryl methyl sites for hydroxylation is 1. The number of nitrogens with one attached hydrogen (secondary N) is 2. The summed E-state index contributed by atoms with van der Waals surface area (Å²) < 4.78 is 0. The Bertz CT molecular complexity index is 910. The van der Waals surface area contributed by atoms with Crippen LogP contribution in [0.4, 0.5) is 11.8 Å². The molecule has 2 aliphatic rings. The van der Waals surface area contributed by atoms with Gasteiger partial charge in [-0.05, 0) is 62.6 Å². The second kappa shape index (κ2) is 8.80. The molecule has 2 unspecified atom stereocenters. The van der Waals surface area contributed by atoms with Crippen LogP contribution < -0.4 is 15.5 Å². The maximum atomic E-state index is 12.7. The van der Waals surface area contributed by atoms with Crippen molar-refractivity contribution in [3.05, 3.63) is 46.6 Å². The fourth-order valence-electron chi connectivity index (χ4n) is 4.42. The molecule has 4 rings (SSSR count). The molecule has 2 N–H and O–H groups in total. The van der Waals surface area contributed by atoms with Gasteiger partial charge >= 0.3 is 0 Å². The highest BCUT2D eigenvalue weighted by molar-refractivity contribution is 6.30. The molecule has 1 amide bonds. The minimum Gasteiger partial charge on any atom is -0.362 e. The smallest absolute Gasteiger partial charge is 0.224 e. The molecular formula is C23H30ClN5O. The zero-order valence-corrected chi connectivity index (χ0v) is 18.6. The van der Waals surface area contributed by atoms with Crippen LogP contribution in [0.3, 0.4) is 0 Å². The number of carbonyl (C=O) groups excluding carboxylic acids is 1. The molecule has 1 aromatic carbocycles. The Morgan fingerprint density at radius 1 is 1.17 bits per heavy atom. The fourth-order valence-corrected chi connectivity index (χ4v) is 4.62. The standard InChI is InChI=1S/C23H30ClN5O/c1-14-13-25-23(28-21(14)29(2)3)27-18-9-7-17(8-10-18)26-22(30)20-12-19(20)15-5-4-6-16(24)11-15/h4-6,11,13,17-20H,7-10,12H2,1-3H3,(H,26,30)(H,25,27,28). The molecule has 30 heavy (non-hydrogen) atoms. The van der Waals surface area contributed by atoms with Crippen LogP contribution in [0.5, 0.6) is 0 Å². The largest absolute Gasteiger partial charge is 0.362 e. The average Bonchev–Trinajstić information content (AvgIpc) is 3.52. The number of hydrogen-bond donors (Lipinski definition) is 2. The van der Waals surface area contributed by atoms with E-state index in [9.17, 15) is 4.79 Å². The third-order valence-corrected chi connectivity index (χ3v) is 6.41. The molecule has 0 spiro atoms. The van der Waals surface area contributed by atoms with Crippen LogP contribution in [0, 0.1) is 12.8 Å². The Hall–Kier alpha value is -2.34. The van der Waals surface area contributed by atoms with Gasteiger partial charge in [-0.2, -0.15) is 4.98 Å². The van der Waals surface area contributed by atoms with E-state index in [1.807, 2.05) is 50.3 Å². The maximum Gasteiger partial charge on any atom is 0.224 e. The van der Waals surface area contributed by atoms with Crippen LogP contribution in [-0.4, -0.2) is 42.1 Å². The van der Waals surface area contributed by atoms with E-state index in [-0.39, 0.29) is 17.9 Å². The predicted molar refractivity (Wildman–Crippen MR) is 121 cm³/mol. The van der Waals surface area contributed by atoms with E-state index >= 15 is 0 Å². The minimum atomic E-state index is 0.0877. The predicted octanol–water partition coefficient (Wildman–Crippen LogP) is 4.15. The van der Waals surface area contributed by atoms with Crippen LogP contribution in [0.1, 0.15) is 49.1 Å². The van der Waals surface area contributed by atoms with E-state index in [1.165, 1.54) is 5.56 Å². The van der Waals surface area contributed by atoms with Crippen molar-refractivity contribution in [2.24, 2.45) is 5.92 Å². The van der Waals surface area contributed by atoms with Crippen LogP contribution >= 0.6 is 11.6 Å². The van der Waals surface area contributed by atoms with Crippen molar-refractivity contribution in [2.75, 3.05) is 24.3 Å². The molecule has 0 bridgehead atoms. The summed E-state index contributed by atoms with van der Waals surface area (Å²) in [6.07, 6.45) is 6.74. The number of amides is 1. The summed E-state index contributed by atoms with van der Waals surface area (Å²) in [6, 6.07) is 8.47. The minimum absolute atomic E-state index is 0.0877. The number of hydrogen-bond acceptors (Lipinski definition) is 5. The first-order chi connectivity index (χ1) is 14.4. The van der Waals surface area contributed by atoms with Crippen molar-refractivity contribution in [1.82, 2.24) is 15.3 Å². The number of anilines is 2. The molecule has 0 aliphatic heterocycles. The normalized spacial score (nSPS) is 25.5. The lowest BCUT2D eigenvalue weighted by molar-refractivity contribution is -0.123. The number of halogens is 1. The second-order valence-electron chi connectivity index (χ2n) is 8.80. The Labute approximate surface area is 183 Å². The van der Waals surface area contributed by atoms with Crippen molar-refractivity contribution in [1.29, 1.82) is 0 Å². The quantitative estimate of drug-likeness (QED) is 0.724. The molecule has 2 saturated carbocycles. The Balaban J connectivity index is 1.24. The highest BCUT2D eigenvalue weighted by Crippen LogP contribution is 2.48. The number of aromatic nitrogens is 2. The van der Waals surface area contributed by atoms with Gasteiger partial charge < -0.3 is 15.5 Å². The van der Waals surface area contributed by atoms with Crippen molar-refractivity contribution >= 4 is 29.3 Å². The molecule has 0 radical (unpaired) electrons. The SMILES string of the molecule is Cc1cnc(NC2CCC(NC(=O)C3CC3c3cccc(Cl)c3)CC2)nc1N(C)C. The van der Waals surface area contributed by atoms with Gasteiger partial charge in [0.15, 0.2) is 0 Å². The highest BCUT2D eigenvalue weighted by atomic mass is 35.5. The molecule has 0 saturated heterocycles. The van der Waals surface area contributed by atoms with Gasteiger partial charge in [-0.25, -0.2) is 4.98 Å². The molecule has 1 heterocycles. The first-order valence-electron chi connectivity index (χ1n) is 10.7. The zero-order valence-electron chi connectivity index (χ0n) is 17.9. The lowest BCUT2D eigenvalue weighted by Gasteiger charge is -2.30. The summed E-state index contributed by atoms with van der Waals surface area (Å²) >= 11 is 6.09. The molecule has 2 aromatic rings. The van der Waals surface area contributed by atoms with Crippen molar-refractivity contribution in [3.8, 4) is 0 Å². The summed E-state index contributed by atoms with van der Waals surface area (Å²) in [5, 5.41) is 7.48. The summed E-state index contributed by atoms with van der Waals surface area (Å²) in [5.74, 6) is 2.20. The van der Waals surface area contributed by atoms with Crippen LogP contribution in [-0.2, 0) is 4.79 Å². The third kappa shape index (κ3) is 4.86. The molecular weight excluding hydrogens is 398 g/mol. The first-order valence-corrected chi connectivity index (χ1v) is 11.1. The van der Waals surface area contributed by atoms with Crippen LogP contribution in [0.15, 0.2) is 30.5 Å². The van der Waals surface area contributed by atoms with Gasteiger partial charge in [0, 0.05) is 48.9 Å². The van der Waals surface area contributed by atoms with Crippen molar-refractivity contribution in [2.45, 2.75) is 57.0 Å². The van der Waals surface area contributed by atoms with Gasteiger partial charge in [-0.3, -0.25) is 4.79 Å². The van der Waals surface area contributed by atoms with Crippen LogP contribution in [0.25, 0.3) is 0 Å². The lowest BCUT2D eigenvalue weighted by atomic mass is 9.91. The molecule has 1 aromatic heterocycles. The maximum absolute atomic E-state index is 12.7. The average molecular weight is 428 g/mol. The second-order valence-corrected chi connectivity index (χ2v) is 9.24. The summed E-state index contributed by atoms with van der Waals surface area (Å²) in [5.41, 5.74) is 2.24. The van der Waals surface area contributed by atoms with E-state index in [4.69, 9.17) is 11.6 Å². The van der Waals surface area contributed by atoms with Gasteiger partial charge in [0.2, 0.25) is 11.9 Å². The number of benzene rings is 1. The monoisotopic (exact) mass is 427 g/mol. The lowest BCUT2D eigenvalue weighted by Crippen LogP contribution is -2.41. The zero-order chi connectivity index (χ0) is 21.3. The van der Waals surface area contributed by atoms with Gasteiger partial charge in [-0.1, -0.05) is 23.7 Å². The Morgan fingerprint density at radius 2 is 1.90 bits per heavy atom. The molecule has 6 nitrogen and oxygen atoms in total. The Morgan fingerprint density at radius 3 is 2.60 bits per heavy atom. The van der Waals surface area contributed by atoms with E-state index in [0.29, 0.717) is 17.9 Å². The van der Waals surface area contributed by atoms with E-state index in [2.05, 4.69) is 26.7 Å². The molecule has 160 valence electrons. The van der Waals surface area contributed by atoms with Gasteiger partial charge in [0.05, 0.1) is 0 Å². The molecule has 2 atom stereocenters. The van der Waals surface area contributed by atoms with Gasteiger partial charge in [-0.15, -0.1) is 0 Å². The number of nitrogens with zero attached hydrogens (tertiary/aromatic N) is 3. The van der Waals surface area contributed by atoms with E-state index < -0.39 is 0 Å². The number of rotatable bonds is 6. The molecule has 2 fully saturated rings.